The van der Waals surface area contributed by atoms with Crippen LogP contribution in [0.25, 0.3) is 54.6 Å². The van der Waals surface area contributed by atoms with Crippen LogP contribution in [0.3, 0.4) is 0 Å². The van der Waals surface area contributed by atoms with Gasteiger partial charge in [0.2, 0.25) is 0 Å². The molecule has 7 rings (SSSR count). The van der Waals surface area contributed by atoms with Crippen LogP contribution in [-0.2, 0) is 0 Å². The van der Waals surface area contributed by atoms with Gasteiger partial charge in [0.1, 0.15) is 0 Å². The van der Waals surface area contributed by atoms with Crippen molar-refractivity contribution in [3.05, 3.63) is 158 Å². The third kappa shape index (κ3) is 4.04. The smallest absolute Gasteiger partial charge is 0.00141 e. The Hall–Kier alpha value is -4.68. The summed E-state index contributed by atoms with van der Waals surface area (Å²) < 4.78 is 0. The minimum absolute atomic E-state index is 1.25. The molecule has 170 valence electrons. The first kappa shape index (κ1) is 21.8. The Kier molecular flexibility index (Phi) is 6.00. The maximum Gasteiger partial charge on any atom is -0.00141 e. The van der Waals surface area contributed by atoms with Gasteiger partial charge in [-0.25, -0.2) is 0 Å². The molecule has 0 atom stereocenters. The molecule has 0 heterocycles. The zero-order valence-corrected chi connectivity index (χ0v) is 20.0. The first-order valence-corrected chi connectivity index (χ1v) is 12.4. The molecule has 0 saturated carbocycles. The summed E-state index contributed by atoms with van der Waals surface area (Å²) in [6.07, 6.45) is 0. The van der Waals surface area contributed by atoms with Crippen LogP contribution in [-0.4, -0.2) is 0 Å². The molecule has 7 aromatic carbocycles. The number of benzene rings is 7. The molecule has 0 heteroatoms. The number of fused-ring (bicyclic) bond motifs is 6. The Morgan fingerprint density at radius 3 is 1.14 bits per heavy atom. The van der Waals surface area contributed by atoms with E-state index in [4.69, 9.17) is 0 Å². The van der Waals surface area contributed by atoms with Crippen molar-refractivity contribution < 1.29 is 0 Å². The van der Waals surface area contributed by atoms with Crippen molar-refractivity contribution in [3.63, 3.8) is 0 Å². The Labute approximate surface area is 212 Å². The van der Waals surface area contributed by atoms with Crippen LogP contribution in [0.5, 0.6) is 0 Å². The maximum absolute atomic E-state index is 2.30. The molecule has 0 aromatic heterocycles. The lowest BCUT2D eigenvalue weighted by Crippen LogP contribution is -1.91. The van der Waals surface area contributed by atoms with E-state index in [2.05, 4.69) is 121 Å². The van der Waals surface area contributed by atoms with Gasteiger partial charge in [-0.2, -0.15) is 0 Å². The Balaban J connectivity index is 0.000000353. The first-order chi connectivity index (χ1) is 17.9. The third-order valence-electron chi connectivity index (χ3n) is 6.72. The van der Waals surface area contributed by atoms with E-state index in [1.54, 1.807) is 0 Å². The molecule has 0 aliphatic rings. The van der Waals surface area contributed by atoms with Gasteiger partial charge >= 0.3 is 0 Å². The van der Waals surface area contributed by atoms with E-state index in [-0.39, 0.29) is 0 Å². The van der Waals surface area contributed by atoms with Gasteiger partial charge in [0.15, 0.2) is 0 Å². The molecule has 36 heavy (non-hydrogen) atoms. The predicted molar refractivity (Wildman–Crippen MR) is 156 cm³/mol. The Morgan fingerprint density at radius 1 is 0.250 bits per heavy atom. The lowest BCUT2D eigenvalue weighted by molar-refractivity contribution is 1.62. The average Bonchev–Trinajstić information content (AvgIpc) is 2.99. The van der Waals surface area contributed by atoms with Gasteiger partial charge < -0.3 is 0 Å². The molecule has 0 spiro atoms. The third-order valence-corrected chi connectivity index (χ3v) is 6.72. The van der Waals surface area contributed by atoms with Gasteiger partial charge in [-0.15, -0.1) is 0 Å². The second-order valence-electron chi connectivity index (χ2n) is 8.89. The van der Waals surface area contributed by atoms with Crippen LogP contribution < -0.4 is 0 Å². The van der Waals surface area contributed by atoms with Crippen LogP contribution in [0.2, 0.25) is 0 Å². The molecule has 0 nitrogen and oxygen atoms in total. The van der Waals surface area contributed by atoms with Crippen LogP contribution in [0.4, 0.5) is 0 Å². The van der Waals surface area contributed by atoms with Crippen molar-refractivity contribution in [2.45, 2.75) is 0 Å². The van der Waals surface area contributed by atoms with Gasteiger partial charge in [0, 0.05) is 0 Å². The monoisotopic (exact) mass is 458 g/mol. The van der Waals surface area contributed by atoms with Crippen molar-refractivity contribution in [1.82, 2.24) is 0 Å². The largest absolute Gasteiger partial charge is 0.0623 e. The molecular formula is C36H26. The lowest BCUT2D eigenvalue weighted by Gasteiger charge is -2.18. The van der Waals surface area contributed by atoms with Crippen LogP contribution in [0.15, 0.2) is 158 Å². The minimum Gasteiger partial charge on any atom is -0.0623 e. The molecule has 7 aromatic rings. The SMILES string of the molecule is c1ccc(-c2ccc3c4ccccc4c4ccccc4c3c2-c2ccccc2)cc1.c1ccccc1. The van der Waals surface area contributed by atoms with Crippen molar-refractivity contribution in [2.75, 3.05) is 0 Å². The summed E-state index contributed by atoms with van der Waals surface area (Å²) in [4.78, 5) is 0. The molecule has 0 saturated heterocycles. The molecule has 0 unspecified atom stereocenters. The van der Waals surface area contributed by atoms with E-state index >= 15 is 0 Å². The average molecular weight is 459 g/mol. The highest BCUT2D eigenvalue weighted by Crippen LogP contribution is 2.44. The van der Waals surface area contributed by atoms with E-state index in [1.807, 2.05) is 36.4 Å². The van der Waals surface area contributed by atoms with Crippen molar-refractivity contribution in [2.24, 2.45) is 0 Å². The highest BCUT2D eigenvalue weighted by molar-refractivity contribution is 6.29. The summed E-state index contributed by atoms with van der Waals surface area (Å²) in [5.74, 6) is 0. The van der Waals surface area contributed by atoms with E-state index in [0.717, 1.165) is 0 Å². The normalized spacial score (nSPS) is 10.8. The van der Waals surface area contributed by atoms with Gasteiger partial charge in [-0.1, -0.05) is 158 Å². The van der Waals surface area contributed by atoms with Gasteiger partial charge in [0.25, 0.3) is 0 Å². The van der Waals surface area contributed by atoms with Crippen LogP contribution >= 0.6 is 0 Å². The molecule has 0 fully saturated rings. The Bertz CT molecular complexity index is 1690. The van der Waals surface area contributed by atoms with Crippen molar-refractivity contribution in [3.8, 4) is 22.3 Å². The minimum atomic E-state index is 1.25. The van der Waals surface area contributed by atoms with Crippen LogP contribution in [0, 0.1) is 0 Å². The molecule has 0 aliphatic heterocycles. The second kappa shape index (κ2) is 9.90. The summed E-state index contributed by atoms with van der Waals surface area (Å²) in [6, 6.07) is 55.7. The molecule has 0 radical (unpaired) electrons. The zero-order valence-electron chi connectivity index (χ0n) is 20.0. The van der Waals surface area contributed by atoms with Gasteiger partial charge in [-0.05, 0) is 54.6 Å². The number of hydrogen-bond donors (Lipinski definition) is 0. The predicted octanol–water partition coefficient (Wildman–Crippen LogP) is 10.2. The highest BCUT2D eigenvalue weighted by atomic mass is 14.2. The molecule has 0 bridgehead atoms. The second-order valence-corrected chi connectivity index (χ2v) is 8.89. The summed E-state index contributed by atoms with van der Waals surface area (Å²) in [5, 5.41) is 7.88. The molecule has 0 amide bonds. The molecule has 0 aliphatic carbocycles. The Morgan fingerprint density at radius 2 is 0.611 bits per heavy atom. The number of hydrogen-bond acceptors (Lipinski definition) is 0. The zero-order chi connectivity index (χ0) is 24.2. The van der Waals surface area contributed by atoms with Gasteiger partial charge in [-0.3, -0.25) is 0 Å². The highest BCUT2D eigenvalue weighted by Gasteiger charge is 2.16. The topological polar surface area (TPSA) is 0 Å². The quantitative estimate of drug-likeness (QED) is 0.226. The van der Waals surface area contributed by atoms with E-state index < -0.39 is 0 Å². The number of rotatable bonds is 2. The van der Waals surface area contributed by atoms with Gasteiger partial charge in [0.05, 0.1) is 0 Å². The fourth-order valence-electron chi connectivity index (χ4n) is 5.14. The van der Waals surface area contributed by atoms with E-state index in [9.17, 15) is 0 Å². The molecular weight excluding hydrogens is 432 g/mol. The summed E-state index contributed by atoms with van der Waals surface area (Å²) in [7, 11) is 0. The fourth-order valence-corrected chi connectivity index (χ4v) is 5.14. The molecule has 0 N–H and O–H groups in total. The van der Waals surface area contributed by atoms with E-state index in [1.165, 1.54) is 54.6 Å². The summed E-state index contributed by atoms with van der Waals surface area (Å²) >= 11 is 0. The standard InChI is InChI=1S/C30H20.C6H6/c1-3-11-21(12-4-1)23-19-20-28-26-17-8-7-15-24(26)25-16-9-10-18-27(25)30(28)29(23)22-13-5-2-6-14-22;1-2-4-6-5-3-1/h1-20H;1-6H. The maximum atomic E-state index is 2.30. The summed E-state index contributed by atoms with van der Waals surface area (Å²) in [6.45, 7) is 0. The first-order valence-electron chi connectivity index (χ1n) is 12.4. The fraction of sp³-hybridized carbons (Fsp3) is 0. The van der Waals surface area contributed by atoms with Crippen molar-refractivity contribution >= 4 is 32.3 Å². The lowest BCUT2D eigenvalue weighted by atomic mass is 9.85. The van der Waals surface area contributed by atoms with Crippen molar-refractivity contribution in [1.29, 1.82) is 0 Å². The van der Waals surface area contributed by atoms with Crippen LogP contribution in [0.1, 0.15) is 0 Å². The summed E-state index contributed by atoms with van der Waals surface area (Å²) in [5.41, 5.74) is 5.08. The van der Waals surface area contributed by atoms with E-state index in [0.29, 0.717) is 0 Å².